The van der Waals surface area contributed by atoms with Crippen LogP contribution in [0.1, 0.15) is 52.0 Å². The second kappa shape index (κ2) is 8.24. The minimum atomic E-state index is 0.686. The summed E-state index contributed by atoms with van der Waals surface area (Å²) in [5, 5.41) is 4.52. The molecular formula is C19H31NS. The van der Waals surface area contributed by atoms with Crippen molar-refractivity contribution < 1.29 is 0 Å². The van der Waals surface area contributed by atoms with Crippen LogP contribution < -0.4 is 5.32 Å². The normalized spacial score (nSPS) is 26.2. The third kappa shape index (κ3) is 5.03. The van der Waals surface area contributed by atoms with Crippen molar-refractivity contribution in [1.29, 1.82) is 0 Å². The van der Waals surface area contributed by atoms with E-state index < -0.39 is 0 Å². The van der Waals surface area contributed by atoms with Crippen molar-refractivity contribution in [3.8, 4) is 0 Å². The second-order valence-corrected chi connectivity index (χ2v) is 8.16. The predicted octanol–water partition coefficient (Wildman–Crippen LogP) is 5.28. The molecule has 1 nitrogen and oxygen atoms in total. The van der Waals surface area contributed by atoms with Crippen molar-refractivity contribution in [2.75, 3.05) is 6.54 Å². The molecule has 3 unspecified atom stereocenters. The van der Waals surface area contributed by atoms with Crippen LogP contribution in [0, 0.1) is 18.8 Å². The van der Waals surface area contributed by atoms with Crippen molar-refractivity contribution in [3.05, 3.63) is 29.8 Å². The van der Waals surface area contributed by atoms with E-state index in [-0.39, 0.29) is 0 Å². The lowest BCUT2D eigenvalue weighted by molar-refractivity contribution is 0.246. The van der Waals surface area contributed by atoms with Crippen LogP contribution in [-0.4, -0.2) is 17.8 Å². The minimum Gasteiger partial charge on any atom is -0.313 e. The van der Waals surface area contributed by atoms with Gasteiger partial charge in [0.1, 0.15) is 0 Å². The predicted molar refractivity (Wildman–Crippen MR) is 95.1 cm³/mol. The third-order valence-electron chi connectivity index (χ3n) is 4.71. The van der Waals surface area contributed by atoms with Gasteiger partial charge in [0, 0.05) is 16.2 Å². The summed E-state index contributed by atoms with van der Waals surface area (Å²) in [5.74, 6) is 1.71. The van der Waals surface area contributed by atoms with Crippen LogP contribution in [0.2, 0.25) is 0 Å². The summed E-state index contributed by atoms with van der Waals surface area (Å²) in [6, 6.07) is 9.67. The molecule has 1 aliphatic rings. The Morgan fingerprint density at radius 3 is 2.76 bits per heavy atom. The molecule has 1 saturated carbocycles. The Kier molecular flexibility index (Phi) is 6.63. The van der Waals surface area contributed by atoms with E-state index in [0.717, 1.165) is 23.6 Å². The molecule has 0 saturated heterocycles. The first kappa shape index (κ1) is 16.9. The summed E-state index contributed by atoms with van der Waals surface area (Å²) in [6.45, 7) is 10.4. The summed E-state index contributed by atoms with van der Waals surface area (Å²) in [5.41, 5.74) is 1.37. The highest BCUT2D eigenvalue weighted by Crippen LogP contribution is 2.39. The number of hydrogen-bond donors (Lipinski definition) is 1. The van der Waals surface area contributed by atoms with Crippen molar-refractivity contribution in [2.24, 2.45) is 11.8 Å². The van der Waals surface area contributed by atoms with Crippen molar-refractivity contribution in [2.45, 2.75) is 69.6 Å². The van der Waals surface area contributed by atoms with E-state index in [9.17, 15) is 0 Å². The summed E-state index contributed by atoms with van der Waals surface area (Å²) in [7, 11) is 0. The fraction of sp³-hybridized carbons (Fsp3) is 0.684. The monoisotopic (exact) mass is 305 g/mol. The van der Waals surface area contributed by atoms with Gasteiger partial charge in [-0.3, -0.25) is 0 Å². The summed E-state index contributed by atoms with van der Waals surface area (Å²) < 4.78 is 0. The Hall–Kier alpha value is -0.470. The number of hydrogen-bond acceptors (Lipinski definition) is 2. The largest absolute Gasteiger partial charge is 0.313 e. The number of benzene rings is 1. The van der Waals surface area contributed by atoms with Gasteiger partial charge in [-0.2, -0.15) is 0 Å². The molecule has 0 aliphatic heterocycles. The molecule has 1 aliphatic carbocycles. The quantitative estimate of drug-likeness (QED) is 0.767. The molecule has 118 valence electrons. The third-order valence-corrected chi connectivity index (χ3v) is 6.06. The van der Waals surface area contributed by atoms with E-state index >= 15 is 0 Å². The SMILES string of the molecule is CCCNC1CCC(C(C)C)CC1Sc1cccc(C)c1. The molecule has 0 bridgehead atoms. The van der Waals surface area contributed by atoms with Gasteiger partial charge in [0.2, 0.25) is 0 Å². The first-order valence-electron chi connectivity index (χ1n) is 8.56. The van der Waals surface area contributed by atoms with Crippen LogP contribution in [0.5, 0.6) is 0 Å². The molecule has 2 rings (SSSR count). The average molecular weight is 306 g/mol. The molecule has 1 N–H and O–H groups in total. The first-order valence-corrected chi connectivity index (χ1v) is 9.44. The molecule has 0 spiro atoms. The zero-order valence-electron chi connectivity index (χ0n) is 14.1. The Morgan fingerprint density at radius 2 is 2.10 bits per heavy atom. The van der Waals surface area contributed by atoms with Crippen LogP contribution in [0.15, 0.2) is 29.2 Å². The number of nitrogens with one attached hydrogen (secondary N) is 1. The Morgan fingerprint density at radius 1 is 1.29 bits per heavy atom. The van der Waals surface area contributed by atoms with Crippen molar-refractivity contribution >= 4 is 11.8 Å². The zero-order valence-corrected chi connectivity index (χ0v) is 14.9. The molecule has 2 heteroatoms. The second-order valence-electron chi connectivity index (χ2n) is 6.85. The Bertz CT molecular complexity index is 429. The fourth-order valence-corrected chi connectivity index (χ4v) is 4.82. The number of thioether (sulfide) groups is 1. The lowest BCUT2D eigenvalue weighted by atomic mass is 9.79. The molecule has 3 atom stereocenters. The summed E-state index contributed by atoms with van der Waals surface area (Å²) >= 11 is 2.10. The van der Waals surface area contributed by atoms with Gasteiger partial charge in [-0.15, -0.1) is 11.8 Å². The Labute approximate surface area is 135 Å². The highest BCUT2D eigenvalue weighted by molar-refractivity contribution is 8.00. The van der Waals surface area contributed by atoms with Gasteiger partial charge in [0.25, 0.3) is 0 Å². The van der Waals surface area contributed by atoms with Crippen molar-refractivity contribution in [3.63, 3.8) is 0 Å². The highest BCUT2D eigenvalue weighted by Gasteiger charge is 2.32. The molecule has 0 amide bonds. The maximum Gasteiger partial charge on any atom is 0.0251 e. The molecule has 0 radical (unpaired) electrons. The van der Waals surface area contributed by atoms with Gasteiger partial charge in [-0.1, -0.05) is 38.5 Å². The molecule has 1 aromatic rings. The summed E-state index contributed by atoms with van der Waals surface area (Å²) in [4.78, 5) is 1.44. The topological polar surface area (TPSA) is 12.0 Å². The maximum absolute atomic E-state index is 3.79. The lowest BCUT2D eigenvalue weighted by Gasteiger charge is -2.38. The van der Waals surface area contributed by atoms with Gasteiger partial charge in [0.15, 0.2) is 0 Å². The van der Waals surface area contributed by atoms with Crippen LogP contribution in [0.4, 0.5) is 0 Å². The molecular weight excluding hydrogens is 274 g/mol. The maximum atomic E-state index is 3.79. The Balaban J connectivity index is 2.05. The fourth-order valence-electron chi connectivity index (χ4n) is 3.32. The van der Waals surface area contributed by atoms with E-state index in [0.29, 0.717) is 6.04 Å². The molecule has 1 fully saturated rings. The van der Waals surface area contributed by atoms with E-state index in [1.807, 2.05) is 0 Å². The number of rotatable bonds is 6. The van der Waals surface area contributed by atoms with Crippen LogP contribution in [-0.2, 0) is 0 Å². The van der Waals surface area contributed by atoms with E-state index in [1.165, 1.54) is 36.1 Å². The van der Waals surface area contributed by atoms with Gasteiger partial charge in [0.05, 0.1) is 0 Å². The molecule has 1 aromatic carbocycles. The minimum absolute atomic E-state index is 0.686. The zero-order chi connectivity index (χ0) is 15.2. The lowest BCUT2D eigenvalue weighted by Crippen LogP contribution is -2.43. The highest BCUT2D eigenvalue weighted by atomic mass is 32.2. The number of aryl methyl sites for hydroxylation is 1. The van der Waals surface area contributed by atoms with Gasteiger partial charge < -0.3 is 5.32 Å². The van der Waals surface area contributed by atoms with Gasteiger partial charge >= 0.3 is 0 Å². The first-order chi connectivity index (χ1) is 10.1. The van der Waals surface area contributed by atoms with E-state index in [1.54, 1.807) is 0 Å². The molecule has 0 aromatic heterocycles. The van der Waals surface area contributed by atoms with Crippen molar-refractivity contribution in [1.82, 2.24) is 5.32 Å². The molecule has 21 heavy (non-hydrogen) atoms. The van der Waals surface area contributed by atoms with E-state index in [2.05, 4.69) is 69.0 Å². The molecule has 0 heterocycles. The van der Waals surface area contributed by atoms with Gasteiger partial charge in [-0.25, -0.2) is 0 Å². The summed E-state index contributed by atoms with van der Waals surface area (Å²) in [6.07, 6.45) is 5.32. The van der Waals surface area contributed by atoms with E-state index in [4.69, 9.17) is 0 Å². The van der Waals surface area contributed by atoms with Crippen LogP contribution >= 0.6 is 11.8 Å². The average Bonchev–Trinajstić information content (AvgIpc) is 2.46. The van der Waals surface area contributed by atoms with Crippen LogP contribution in [0.25, 0.3) is 0 Å². The smallest absolute Gasteiger partial charge is 0.0251 e. The standard InChI is InChI=1S/C19H31NS/c1-5-11-20-18-10-9-16(14(2)3)13-19(18)21-17-8-6-7-15(4)12-17/h6-8,12,14,16,18-20H,5,9-11,13H2,1-4H3. The van der Waals surface area contributed by atoms with Crippen LogP contribution in [0.3, 0.4) is 0 Å². The van der Waals surface area contributed by atoms with Gasteiger partial charge in [-0.05, 0) is 63.1 Å².